The monoisotopic (exact) mass is 323 g/mol. The molecule has 3 rings (SSSR count). The van der Waals surface area contributed by atoms with Crippen LogP contribution in [-0.2, 0) is 9.59 Å². The van der Waals surface area contributed by atoms with Crippen molar-refractivity contribution in [2.75, 3.05) is 24.7 Å². The maximum atomic E-state index is 12.3. The number of carbonyl (C=O) groups is 2. The number of aliphatic hydroxyl groups is 1. The average Bonchev–Trinajstić information content (AvgIpc) is 2.45. The zero-order valence-electron chi connectivity index (χ0n) is 12.0. The minimum absolute atomic E-state index is 0.197. The van der Waals surface area contributed by atoms with E-state index in [1.165, 1.54) is 0 Å². The molecule has 2 amide bonds. The molecule has 1 aromatic carbocycles. The normalized spacial score (nSPS) is 23.0. The third-order valence-corrected chi connectivity index (χ3v) is 4.62. The second kappa shape index (κ2) is 5.87. The van der Waals surface area contributed by atoms with Gasteiger partial charge in [-0.1, -0.05) is 17.7 Å². The van der Waals surface area contributed by atoms with E-state index in [-0.39, 0.29) is 24.3 Å². The van der Waals surface area contributed by atoms with Crippen LogP contribution in [0.15, 0.2) is 18.2 Å². The van der Waals surface area contributed by atoms with Gasteiger partial charge in [-0.25, -0.2) is 0 Å². The molecule has 2 heterocycles. The van der Waals surface area contributed by atoms with E-state index < -0.39 is 12.6 Å². The van der Waals surface area contributed by atoms with Crippen molar-refractivity contribution in [3.8, 4) is 0 Å². The second-order valence-corrected chi connectivity index (χ2v) is 6.17. The first-order chi connectivity index (χ1) is 10.5. The van der Waals surface area contributed by atoms with Crippen LogP contribution >= 0.6 is 11.6 Å². The van der Waals surface area contributed by atoms with Gasteiger partial charge >= 0.3 is 0 Å². The van der Waals surface area contributed by atoms with Crippen molar-refractivity contribution < 1.29 is 14.7 Å². The van der Waals surface area contributed by atoms with Gasteiger partial charge in [0.15, 0.2) is 0 Å². The number of nitrogens with two attached hydrogens (primary N) is 1. The van der Waals surface area contributed by atoms with Gasteiger partial charge in [0.1, 0.15) is 6.73 Å². The molecule has 2 aliphatic rings. The Morgan fingerprint density at radius 2 is 2.05 bits per heavy atom. The molecule has 7 heteroatoms. The smallest absolute Gasteiger partial charge is 0.238 e. The second-order valence-electron chi connectivity index (χ2n) is 5.76. The summed E-state index contributed by atoms with van der Waals surface area (Å²) in [4.78, 5) is 26.9. The summed E-state index contributed by atoms with van der Waals surface area (Å²) in [6.07, 6.45) is 0.651. The number of benzene rings is 1. The van der Waals surface area contributed by atoms with Crippen LogP contribution in [0.2, 0.25) is 5.02 Å². The maximum Gasteiger partial charge on any atom is 0.238 e. The van der Waals surface area contributed by atoms with Crippen molar-refractivity contribution in [2.24, 2.45) is 5.73 Å². The highest BCUT2D eigenvalue weighted by atomic mass is 35.5. The molecule has 2 saturated heterocycles. The Morgan fingerprint density at radius 1 is 1.32 bits per heavy atom. The maximum absolute atomic E-state index is 12.3. The van der Waals surface area contributed by atoms with Gasteiger partial charge in [-0.15, -0.1) is 0 Å². The third-order valence-electron chi connectivity index (χ3n) is 4.29. The molecule has 0 bridgehead atoms. The zero-order valence-corrected chi connectivity index (χ0v) is 12.8. The standard InChI is InChI=1S/C15H18ClN3O3/c16-13-5-10(18-6-9(17)7-18)1-2-11(13)12-3-4-14(21)19(8-20)15(12)22/h1-2,5,9,12,20H,3-4,6-8,17H2. The van der Waals surface area contributed by atoms with Crippen LogP contribution in [0.25, 0.3) is 0 Å². The van der Waals surface area contributed by atoms with Crippen LogP contribution in [0.1, 0.15) is 24.3 Å². The number of imide groups is 1. The highest BCUT2D eigenvalue weighted by molar-refractivity contribution is 6.32. The molecule has 2 aliphatic heterocycles. The van der Waals surface area contributed by atoms with Crippen molar-refractivity contribution in [1.82, 2.24) is 4.90 Å². The predicted molar refractivity (Wildman–Crippen MR) is 82.6 cm³/mol. The number of piperidine rings is 1. The van der Waals surface area contributed by atoms with E-state index in [4.69, 9.17) is 17.3 Å². The molecule has 0 aliphatic carbocycles. The van der Waals surface area contributed by atoms with E-state index in [0.717, 1.165) is 23.7 Å². The molecular weight excluding hydrogens is 306 g/mol. The molecule has 6 nitrogen and oxygen atoms in total. The molecule has 1 unspecified atom stereocenters. The molecule has 1 atom stereocenters. The van der Waals surface area contributed by atoms with E-state index in [9.17, 15) is 14.7 Å². The van der Waals surface area contributed by atoms with Crippen molar-refractivity contribution >= 4 is 29.1 Å². The lowest BCUT2D eigenvalue weighted by molar-refractivity contribution is -0.153. The number of rotatable bonds is 3. The summed E-state index contributed by atoms with van der Waals surface area (Å²) in [7, 11) is 0. The van der Waals surface area contributed by atoms with E-state index in [1.807, 2.05) is 18.2 Å². The van der Waals surface area contributed by atoms with E-state index in [2.05, 4.69) is 4.90 Å². The van der Waals surface area contributed by atoms with E-state index in [0.29, 0.717) is 17.0 Å². The third kappa shape index (κ3) is 2.58. The zero-order chi connectivity index (χ0) is 15.9. The Morgan fingerprint density at radius 3 is 2.64 bits per heavy atom. The molecule has 0 radical (unpaired) electrons. The minimum atomic E-state index is -0.588. The molecule has 1 aromatic rings. The topological polar surface area (TPSA) is 86.9 Å². The lowest BCUT2D eigenvalue weighted by atomic mass is 9.89. The van der Waals surface area contributed by atoms with Gasteiger partial charge in [-0.2, -0.15) is 0 Å². The summed E-state index contributed by atoms with van der Waals surface area (Å²) >= 11 is 6.34. The van der Waals surface area contributed by atoms with Crippen molar-refractivity contribution in [1.29, 1.82) is 0 Å². The fourth-order valence-electron chi connectivity index (χ4n) is 2.99. The fraction of sp³-hybridized carbons (Fsp3) is 0.467. The van der Waals surface area contributed by atoms with E-state index in [1.54, 1.807) is 0 Å². The Balaban J connectivity index is 1.82. The quantitative estimate of drug-likeness (QED) is 0.798. The van der Waals surface area contributed by atoms with Gasteiger partial charge in [0.05, 0.1) is 5.92 Å². The Bertz CT molecular complexity index is 616. The average molecular weight is 324 g/mol. The lowest BCUT2D eigenvalue weighted by Gasteiger charge is -2.39. The molecule has 0 saturated carbocycles. The van der Waals surface area contributed by atoms with Gasteiger partial charge < -0.3 is 15.7 Å². The van der Waals surface area contributed by atoms with Crippen LogP contribution in [0.3, 0.4) is 0 Å². The molecule has 0 spiro atoms. The van der Waals surface area contributed by atoms with Gasteiger partial charge in [0.2, 0.25) is 11.8 Å². The number of anilines is 1. The number of nitrogens with zero attached hydrogens (tertiary/aromatic N) is 2. The molecule has 0 aromatic heterocycles. The Hall–Kier alpha value is -1.63. The van der Waals surface area contributed by atoms with Crippen LogP contribution < -0.4 is 10.6 Å². The summed E-state index contributed by atoms with van der Waals surface area (Å²) in [5.41, 5.74) is 7.45. The lowest BCUT2D eigenvalue weighted by Crippen LogP contribution is -2.55. The number of halogens is 1. The summed E-state index contributed by atoms with van der Waals surface area (Å²) < 4.78 is 0. The summed E-state index contributed by atoms with van der Waals surface area (Å²) in [6, 6.07) is 5.77. The first kappa shape index (κ1) is 15.3. The fourth-order valence-corrected chi connectivity index (χ4v) is 3.30. The number of amides is 2. The Labute approximate surface area is 133 Å². The molecule has 22 heavy (non-hydrogen) atoms. The van der Waals surface area contributed by atoms with Crippen LogP contribution in [0.5, 0.6) is 0 Å². The molecule has 3 N–H and O–H groups in total. The number of hydrogen-bond acceptors (Lipinski definition) is 5. The number of carbonyl (C=O) groups excluding carboxylic acids is 2. The van der Waals surface area contributed by atoms with Gasteiger partial charge in [0, 0.05) is 36.3 Å². The summed E-state index contributed by atoms with van der Waals surface area (Å²) in [5.74, 6) is -1.21. The largest absolute Gasteiger partial charge is 0.376 e. The van der Waals surface area contributed by atoms with Gasteiger partial charge in [0.25, 0.3) is 0 Å². The van der Waals surface area contributed by atoms with Crippen LogP contribution in [0, 0.1) is 0 Å². The first-order valence-electron chi connectivity index (χ1n) is 7.26. The number of hydrogen-bond donors (Lipinski definition) is 2. The van der Waals surface area contributed by atoms with Crippen LogP contribution in [-0.4, -0.2) is 47.7 Å². The predicted octanol–water partition coefficient (Wildman–Crippen LogP) is 0.670. The van der Waals surface area contributed by atoms with Gasteiger partial charge in [-0.05, 0) is 24.1 Å². The molecule has 2 fully saturated rings. The van der Waals surface area contributed by atoms with E-state index >= 15 is 0 Å². The molecular formula is C15H18ClN3O3. The van der Waals surface area contributed by atoms with Crippen molar-refractivity contribution in [3.63, 3.8) is 0 Å². The summed E-state index contributed by atoms with van der Waals surface area (Å²) in [5, 5.41) is 9.68. The molecule has 118 valence electrons. The van der Waals surface area contributed by atoms with Crippen molar-refractivity contribution in [3.05, 3.63) is 28.8 Å². The highest BCUT2D eigenvalue weighted by Crippen LogP contribution is 2.35. The first-order valence-corrected chi connectivity index (χ1v) is 7.64. The SMILES string of the molecule is NC1CN(c2ccc(C3CCC(=O)N(CO)C3=O)c(Cl)c2)C1. The minimum Gasteiger partial charge on any atom is -0.376 e. The van der Waals surface area contributed by atoms with Gasteiger partial charge in [-0.3, -0.25) is 14.5 Å². The van der Waals surface area contributed by atoms with Crippen LogP contribution in [0.4, 0.5) is 5.69 Å². The number of aliphatic hydroxyl groups excluding tert-OH is 1. The Kier molecular flexibility index (Phi) is 4.08. The van der Waals surface area contributed by atoms with Crippen molar-refractivity contribution in [2.45, 2.75) is 24.8 Å². The highest BCUT2D eigenvalue weighted by Gasteiger charge is 2.36. The number of likely N-dealkylation sites (tertiary alicyclic amines) is 1. The summed E-state index contributed by atoms with van der Waals surface area (Å²) in [6.45, 7) is 1.01.